The zero-order valence-corrected chi connectivity index (χ0v) is 11.9. The molecule has 0 spiro atoms. The Morgan fingerprint density at radius 3 is 3.05 bits per heavy atom. The number of ether oxygens (including phenoxy) is 1. The summed E-state index contributed by atoms with van der Waals surface area (Å²) in [6, 6.07) is 8.18. The lowest BCUT2D eigenvalue weighted by atomic mass is 10.1. The van der Waals surface area contributed by atoms with Crippen molar-refractivity contribution in [3.05, 3.63) is 45.6 Å². The van der Waals surface area contributed by atoms with Crippen molar-refractivity contribution in [3.8, 4) is 5.75 Å². The monoisotopic (exact) mass is 274 g/mol. The number of methoxy groups -OCH3 is 1. The molecule has 0 amide bonds. The summed E-state index contributed by atoms with van der Waals surface area (Å²) in [6.45, 7) is 3.05. The zero-order valence-electron chi connectivity index (χ0n) is 11.1. The van der Waals surface area contributed by atoms with Gasteiger partial charge >= 0.3 is 0 Å². The van der Waals surface area contributed by atoms with E-state index in [0.717, 1.165) is 37.5 Å². The van der Waals surface area contributed by atoms with Crippen molar-refractivity contribution < 1.29 is 4.74 Å². The van der Waals surface area contributed by atoms with E-state index in [1.807, 2.05) is 23.5 Å². The summed E-state index contributed by atoms with van der Waals surface area (Å²) in [4.78, 5) is 3.99. The molecule has 1 aromatic carbocycles. The molecular weight excluding hydrogens is 256 g/mol. The first-order valence-corrected chi connectivity index (χ1v) is 7.34. The normalized spacial score (nSPS) is 15.2. The van der Waals surface area contributed by atoms with E-state index in [2.05, 4.69) is 22.4 Å². The number of nitrogen functional groups attached to an aromatic ring is 1. The van der Waals surface area contributed by atoms with Crippen LogP contribution in [0.1, 0.15) is 16.0 Å². The van der Waals surface area contributed by atoms with E-state index in [9.17, 15) is 0 Å². The summed E-state index contributed by atoms with van der Waals surface area (Å²) in [5, 5.41) is 2.19. The average Bonchev–Trinajstić information content (AvgIpc) is 2.88. The first-order valence-electron chi connectivity index (χ1n) is 6.46. The maximum Gasteiger partial charge on any atom is 0.120 e. The van der Waals surface area contributed by atoms with Crippen LogP contribution in [0.3, 0.4) is 0 Å². The van der Waals surface area contributed by atoms with Crippen LogP contribution in [-0.4, -0.2) is 18.6 Å². The number of nitrogens with two attached hydrogens (primary N) is 1. The van der Waals surface area contributed by atoms with Gasteiger partial charge in [-0.05, 0) is 35.1 Å². The highest BCUT2D eigenvalue weighted by Crippen LogP contribution is 2.27. The second-order valence-electron chi connectivity index (χ2n) is 4.89. The lowest BCUT2D eigenvalue weighted by Gasteiger charge is -2.27. The minimum Gasteiger partial charge on any atom is -0.497 e. The van der Waals surface area contributed by atoms with E-state index in [4.69, 9.17) is 10.5 Å². The standard InChI is InChI=1S/C15H18N2OS/c1-18-13-3-2-11(14(16)8-13)9-17-6-4-15-12(10-17)5-7-19-15/h2-3,5,7-8H,4,6,9-10,16H2,1H3. The van der Waals surface area contributed by atoms with Gasteiger partial charge in [0.25, 0.3) is 0 Å². The Labute approximate surface area is 117 Å². The predicted octanol–water partition coefficient (Wildman–Crippen LogP) is 2.90. The molecule has 1 aromatic heterocycles. The summed E-state index contributed by atoms with van der Waals surface area (Å²) >= 11 is 1.87. The number of anilines is 1. The van der Waals surface area contributed by atoms with Crippen molar-refractivity contribution in [2.24, 2.45) is 0 Å². The van der Waals surface area contributed by atoms with E-state index < -0.39 is 0 Å². The Morgan fingerprint density at radius 1 is 1.37 bits per heavy atom. The minimum atomic E-state index is 0.815. The van der Waals surface area contributed by atoms with Crippen molar-refractivity contribution in [2.75, 3.05) is 19.4 Å². The maximum absolute atomic E-state index is 6.08. The van der Waals surface area contributed by atoms with Crippen LogP contribution in [0.15, 0.2) is 29.6 Å². The van der Waals surface area contributed by atoms with Gasteiger partial charge in [0.2, 0.25) is 0 Å². The molecule has 3 nitrogen and oxygen atoms in total. The molecule has 100 valence electrons. The molecule has 0 unspecified atom stereocenters. The molecule has 4 heteroatoms. The van der Waals surface area contributed by atoms with E-state index in [-0.39, 0.29) is 0 Å². The minimum absolute atomic E-state index is 0.815. The van der Waals surface area contributed by atoms with Crippen LogP contribution in [0.25, 0.3) is 0 Å². The lowest BCUT2D eigenvalue weighted by Crippen LogP contribution is -2.29. The second kappa shape index (κ2) is 5.23. The third-order valence-corrected chi connectivity index (χ3v) is 4.66. The Morgan fingerprint density at radius 2 is 2.26 bits per heavy atom. The fourth-order valence-electron chi connectivity index (χ4n) is 2.53. The zero-order chi connectivity index (χ0) is 13.2. The molecule has 0 saturated carbocycles. The van der Waals surface area contributed by atoms with Gasteiger partial charge < -0.3 is 10.5 Å². The molecule has 3 rings (SSSR count). The molecule has 2 N–H and O–H groups in total. The number of nitrogens with zero attached hydrogens (tertiary/aromatic N) is 1. The van der Waals surface area contributed by atoms with Crippen LogP contribution in [-0.2, 0) is 19.5 Å². The van der Waals surface area contributed by atoms with Crippen LogP contribution >= 0.6 is 11.3 Å². The molecule has 0 radical (unpaired) electrons. The first-order chi connectivity index (χ1) is 9.26. The van der Waals surface area contributed by atoms with Crippen molar-refractivity contribution in [1.29, 1.82) is 0 Å². The highest BCUT2D eigenvalue weighted by atomic mass is 32.1. The quantitative estimate of drug-likeness (QED) is 0.875. The molecule has 0 atom stereocenters. The molecule has 0 saturated heterocycles. The van der Waals surface area contributed by atoms with Gasteiger partial charge in [0.05, 0.1) is 7.11 Å². The van der Waals surface area contributed by atoms with Crippen LogP contribution < -0.4 is 10.5 Å². The molecule has 0 aliphatic carbocycles. The number of benzene rings is 1. The summed E-state index contributed by atoms with van der Waals surface area (Å²) < 4.78 is 5.18. The fourth-order valence-corrected chi connectivity index (χ4v) is 3.42. The summed E-state index contributed by atoms with van der Waals surface area (Å²) in [6.07, 6.45) is 1.16. The fraction of sp³-hybridized carbons (Fsp3) is 0.333. The molecule has 1 aliphatic rings. The van der Waals surface area contributed by atoms with Crippen molar-refractivity contribution in [2.45, 2.75) is 19.5 Å². The van der Waals surface area contributed by atoms with Crippen LogP contribution in [0, 0.1) is 0 Å². The molecule has 1 aliphatic heterocycles. The van der Waals surface area contributed by atoms with E-state index in [0.29, 0.717) is 0 Å². The van der Waals surface area contributed by atoms with Crippen LogP contribution in [0.2, 0.25) is 0 Å². The molecule has 2 aromatic rings. The SMILES string of the molecule is COc1ccc(CN2CCc3sccc3C2)c(N)c1. The van der Waals surface area contributed by atoms with Gasteiger partial charge in [-0.15, -0.1) is 11.3 Å². The summed E-state index contributed by atoms with van der Waals surface area (Å²) in [5.41, 5.74) is 9.55. The van der Waals surface area contributed by atoms with Gasteiger partial charge in [0.15, 0.2) is 0 Å². The van der Waals surface area contributed by atoms with Gasteiger partial charge in [0.1, 0.15) is 5.75 Å². The topological polar surface area (TPSA) is 38.5 Å². The lowest BCUT2D eigenvalue weighted by molar-refractivity contribution is 0.248. The molecule has 2 heterocycles. The summed E-state index contributed by atoms with van der Waals surface area (Å²) in [5.74, 6) is 0.819. The van der Waals surface area contributed by atoms with Crippen molar-refractivity contribution in [3.63, 3.8) is 0 Å². The molecule has 0 bridgehead atoms. The molecule has 19 heavy (non-hydrogen) atoms. The van der Waals surface area contributed by atoms with Gasteiger partial charge in [-0.3, -0.25) is 4.90 Å². The first kappa shape index (κ1) is 12.5. The average molecular weight is 274 g/mol. The number of rotatable bonds is 3. The smallest absolute Gasteiger partial charge is 0.120 e. The third-order valence-electron chi connectivity index (χ3n) is 3.63. The molecular formula is C15H18N2OS. The van der Waals surface area contributed by atoms with E-state index >= 15 is 0 Å². The number of hydrogen-bond acceptors (Lipinski definition) is 4. The van der Waals surface area contributed by atoms with Crippen molar-refractivity contribution in [1.82, 2.24) is 4.90 Å². The number of thiophene rings is 1. The van der Waals surface area contributed by atoms with E-state index in [1.54, 1.807) is 12.0 Å². The Bertz CT molecular complexity index is 579. The van der Waals surface area contributed by atoms with Gasteiger partial charge in [-0.1, -0.05) is 6.07 Å². The number of fused-ring (bicyclic) bond motifs is 1. The second-order valence-corrected chi connectivity index (χ2v) is 5.90. The Balaban J connectivity index is 1.73. The third kappa shape index (κ3) is 2.60. The Kier molecular flexibility index (Phi) is 3.44. The maximum atomic E-state index is 6.08. The summed E-state index contributed by atoms with van der Waals surface area (Å²) in [7, 11) is 1.66. The van der Waals surface area contributed by atoms with Crippen molar-refractivity contribution >= 4 is 17.0 Å². The van der Waals surface area contributed by atoms with Gasteiger partial charge in [0, 0.05) is 36.3 Å². The predicted molar refractivity (Wildman–Crippen MR) is 79.5 cm³/mol. The van der Waals surface area contributed by atoms with E-state index in [1.165, 1.54) is 11.1 Å². The number of hydrogen-bond donors (Lipinski definition) is 1. The Hall–Kier alpha value is -1.52. The van der Waals surface area contributed by atoms with Crippen LogP contribution in [0.5, 0.6) is 5.75 Å². The van der Waals surface area contributed by atoms with Gasteiger partial charge in [-0.2, -0.15) is 0 Å². The van der Waals surface area contributed by atoms with Gasteiger partial charge in [-0.25, -0.2) is 0 Å². The molecule has 0 fully saturated rings. The largest absolute Gasteiger partial charge is 0.497 e. The highest BCUT2D eigenvalue weighted by Gasteiger charge is 2.17. The van der Waals surface area contributed by atoms with Crippen LogP contribution in [0.4, 0.5) is 5.69 Å². The highest BCUT2D eigenvalue weighted by molar-refractivity contribution is 7.10.